The smallest absolute Gasteiger partial charge is 0.190 e. The highest BCUT2D eigenvalue weighted by Gasteiger charge is 2.14. The van der Waals surface area contributed by atoms with Crippen LogP contribution in [0.15, 0.2) is 29.4 Å². The summed E-state index contributed by atoms with van der Waals surface area (Å²) in [6, 6.07) is 6.35. The Hall–Kier alpha value is -1.51. The first-order valence-electron chi connectivity index (χ1n) is 4.08. The van der Waals surface area contributed by atoms with E-state index in [1.807, 2.05) is 13.0 Å². The van der Waals surface area contributed by atoms with E-state index in [0.717, 1.165) is 5.56 Å². The Morgan fingerprint density at radius 1 is 1.46 bits per heavy atom. The van der Waals surface area contributed by atoms with Gasteiger partial charge >= 0.3 is 0 Å². The molecule has 0 heterocycles. The van der Waals surface area contributed by atoms with E-state index in [1.54, 1.807) is 18.2 Å². The Balaban J connectivity index is 2.95. The number of ketones is 1. The summed E-state index contributed by atoms with van der Waals surface area (Å²) in [7, 11) is 0. The molecule has 3 heteroatoms. The van der Waals surface area contributed by atoms with Crippen molar-refractivity contribution in [3.63, 3.8) is 0 Å². The molecule has 0 aliphatic carbocycles. The van der Waals surface area contributed by atoms with Crippen LogP contribution >= 0.6 is 0 Å². The Labute approximate surface area is 76.7 Å². The maximum Gasteiger partial charge on any atom is 0.190 e. The van der Waals surface area contributed by atoms with Gasteiger partial charge in [0.2, 0.25) is 0 Å². The van der Waals surface area contributed by atoms with Crippen molar-refractivity contribution in [2.24, 2.45) is 5.18 Å². The third-order valence-corrected chi connectivity index (χ3v) is 1.84. The molecule has 1 unspecified atom stereocenters. The normalized spacial score (nSPS) is 12.2. The van der Waals surface area contributed by atoms with Crippen LogP contribution in [0.5, 0.6) is 0 Å². The molecule has 1 rings (SSSR count). The number of rotatable bonds is 3. The van der Waals surface area contributed by atoms with Crippen molar-refractivity contribution < 1.29 is 4.79 Å². The summed E-state index contributed by atoms with van der Waals surface area (Å²) >= 11 is 0. The van der Waals surface area contributed by atoms with E-state index in [-0.39, 0.29) is 5.78 Å². The van der Waals surface area contributed by atoms with Gasteiger partial charge in [-0.1, -0.05) is 28.9 Å². The fourth-order valence-corrected chi connectivity index (χ4v) is 1.09. The zero-order valence-corrected chi connectivity index (χ0v) is 7.65. The van der Waals surface area contributed by atoms with Crippen LogP contribution in [0.1, 0.15) is 22.8 Å². The predicted molar refractivity (Wildman–Crippen MR) is 50.8 cm³/mol. The minimum absolute atomic E-state index is 0.223. The summed E-state index contributed by atoms with van der Waals surface area (Å²) in [5.41, 5.74) is 1.55. The average Bonchev–Trinajstić information content (AvgIpc) is 2.15. The molecule has 0 radical (unpaired) electrons. The lowest BCUT2D eigenvalue weighted by molar-refractivity contribution is 0.0968. The molecule has 13 heavy (non-hydrogen) atoms. The number of nitroso groups, excluding NO2 is 1. The first kappa shape index (κ1) is 9.58. The molecule has 0 aromatic heterocycles. The number of Topliss-reactive ketones (excluding diaryl/α,β-unsaturated/α-hetero) is 1. The van der Waals surface area contributed by atoms with Crippen LogP contribution in [0, 0.1) is 11.8 Å². The highest BCUT2D eigenvalue weighted by molar-refractivity contribution is 6.00. The predicted octanol–water partition coefficient (Wildman–Crippen LogP) is 2.33. The van der Waals surface area contributed by atoms with Crippen molar-refractivity contribution in [3.05, 3.63) is 40.3 Å². The van der Waals surface area contributed by atoms with Crippen molar-refractivity contribution in [3.8, 4) is 0 Å². The van der Waals surface area contributed by atoms with Gasteiger partial charge in [0.15, 0.2) is 11.8 Å². The number of nitrogens with zero attached hydrogens (tertiary/aromatic N) is 1. The van der Waals surface area contributed by atoms with Crippen molar-refractivity contribution in [2.75, 3.05) is 0 Å². The maximum atomic E-state index is 11.4. The molecule has 0 aliphatic heterocycles. The number of carbonyl (C=O) groups excluding carboxylic acids is 1. The number of hydrogen-bond donors (Lipinski definition) is 0. The Kier molecular flexibility index (Phi) is 2.90. The molecular weight excluding hydrogens is 166 g/mol. The molecule has 1 aromatic carbocycles. The van der Waals surface area contributed by atoms with Crippen LogP contribution in [-0.2, 0) is 0 Å². The standard InChI is InChI=1S/C10H11NO2/c1-7-4-3-5-9(6-7)10(12)8(2)11-13/h3-6,8H,1-2H3. The Bertz CT molecular complexity index is 333. The molecule has 1 atom stereocenters. The van der Waals surface area contributed by atoms with Gasteiger partial charge in [-0.25, -0.2) is 0 Å². The van der Waals surface area contributed by atoms with E-state index in [4.69, 9.17) is 0 Å². The largest absolute Gasteiger partial charge is 0.292 e. The fourth-order valence-electron chi connectivity index (χ4n) is 1.09. The molecule has 0 saturated carbocycles. The average molecular weight is 177 g/mol. The van der Waals surface area contributed by atoms with E-state index < -0.39 is 6.04 Å². The summed E-state index contributed by atoms with van der Waals surface area (Å²) in [4.78, 5) is 21.6. The summed E-state index contributed by atoms with van der Waals surface area (Å²) in [6.07, 6.45) is 0. The van der Waals surface area contributed by atoms with Crippen LogP contribution < -0.4 is 0 Å². The lowest BCUT2D eigenvalue weighted by Crippen LogP contribution is -2.13. The van der Waals surface area contributed by atoms with Gasteiger partial charge in [0.25, 0.3) is 0 Å². The quantitative estimate of drug-likeness (QED) is 0.525. The van der Waals surface area contributed by atoms with Gasteiger partial charge in [-0.2, -0.15) is 4.91 Å². The summed E-state index contributed by atoms with van der Waals surface area (Å²) in [5.74, 6) is -0.223. The molecule has 0 bridgehead atoms. The highest BCUT2D eigenvalue weighted by Crippen LogP contribution is 2.08. The molecule has 0 fully saturated rings. The topological polar surface area (TPSA) is 46.5 Å². The van der Waals surface area contributed by atoms with Crippen molar-refractivity contribution in [2.45, 2.75) is 19.9 Å². The second kappa shape index (κ2) is 3.94. The van der Waals surface area contributed by atoms with Gasteiger partial charge in [-0.15, -0.1) is 0 Å². The Morgan fingerprint density at radius 2 is 2.15 bits per heavy atom. The second-order valence-electron chi connectivity index (χ2n) is 3.02. The molecule has 1 aromatic rings. The third kappa shape index (κ3) is 2.21. The number of carbonyl (C=O) groups is 1. The first-order chi connectivity index (χ1) is 6.15. The molecule has 0 aliphatic rings. The highest BCUT2D eigenvalue weighted by atomic mass is 16.3. The van der Waals surface area contributed by atoms with Crippen LogP contribution in [-0.4, -0.2) is 11.8 Å². The van der Waals surface area contributed by atoms with Crippen LogP contribution in [0.4, 0.5) is 0 Å². The molecular formula is C10H11NO2. The van der Waals surface area contributed by atoms with Gasteiger partial charge in [-0.05, 0) is 19.9 Å². The monoisotopic (exact) mass is 177 g/mol. The minimum atomic E-state index is -0.790. The van der Waals surface area contributed by atoms with E-state index >= 15 is 0 Å². The minimum Gasteiger partial charge on any atom is -0.292 e. The summed E-state index contributed by atoms with van der Waals surface area (Å²) < 4.78 is 0. The third-order valence-electron chi connectivity index (χ3n) is 1.84. The van der Waals surface area contributed by atoms with Crippen LogP contribution in [0.3, 0.4) is 0 Å². The molecule has 68 valence electrons. The fraction of sp³-hybridized carbons (Fsp3) is 0.300. The molecule has 0 N–H and O–H groups in total. The number of aryl methyl sites for hydroxylation is 1. The lowest BCUT2D eigenvalue weighted by atomic mass is 10.0. The maximum absolute atomic E-state index is 11.4. The van der Waals surface area contributed by atoms with Gasteiger partial charge < -0.3 is 0 Å². The van der Waals surface area contributed by atoms with Crippen LogP contribution in [0.2, 0.25) is 0 Å². The Morgan fingerprint density at radius 3 is 2.69 bits per heavy atom. The molecule has 0 spiro atoms. The van der Waals surface area contributed by atoms with Crippen molar-refractivity contribution in [1.82, 2.24) is 0 Å². The van der Waals surface area contributed by atoms with E-state index in [1.165, 1.54) is 6.92 Å². The second-order valence-corrected chi connectivity index (χ2v) is 3.02. The van der Waals surface area contributed by atoms with Gasteiger partial charge in [-0.3, -0.25) is 4.79 Å². The van der Waals surface area contributed by atoms with Gasteiger partial charge in [0.05, 0.1) is 0 Å². The first-order valence-corrected chi connectivity index (χ1v) is 4.08. The van der Waals surface area contributed by atoms with Crippen molar-refractivity contribution in [1.29, 1.82) is 0 Å². The number of hydrogen-bond acceptors (Lipinski definition) is 3. The zero-order valence-electron chi connectivity index (χ0n) is 7.65. The summed E-state index contributed by atoms with van der Waals surface area (Å²) in [6.45, 7) is 3.40. The van der Waals surface area contributed by atoms with E-state index in [0.29, 0.717) is 5.56 Å². The summed E-state index contributed by atoms with van der Waals surface area (Å²) in [5, 5.41) is 2.69. The van der Waals surface area contributed by atoms with E-state index in [9.17, 15) is 9.70 Å². The molecule has 0 saturated heterocycles. The zero-order chi connectivity index (χ0) is 9.84. The lowest BCUT2D eigenvalue weighted by Gasteiger charge is -2.02. The van der Waals surface area contributed by atoms with Crippen LogP contribution in [0.25, 0.3) is 0 Å². The molecule has 0 amide bonds. The molecule has 3 nitrogen and oxygen atoms in total. The van der Waals surface area contributed by atoms with E-state index in [2.05, 4.69) is 5.18 Å². The van der Waals surface area contributed by atoms with Crippen molar-refractivity contribution >= 4 is 5.78 Å². The SMILES string of the molecule is Cc1cccc(C(=O)C(C)N=O)c1. The van der Waals surface area contributed by atoms with Gasteiger partial charge in [0, 0.05) is 5.56 Å². The van der Waals surface area contributed by atoms with Gasteiger partial charge in [0.1, 0.15) is 0 Å². The number of benzene rings is 1.